The minimum atomic E-state index is 0.343. The molecule has 1 aliphatic heterocycles. The fourth-order valence-electron chi connectivity index (χ4n) is 4.49. The summed E-state index contributed by atoms with van der Waals surface area (Å²) in [6.07, 6.45) is 10.8. The maximum absolute atomic E-state index is 4.50. The fraction of sp³-hybridized carbons (Fsp3) is 0.875. The molecule has 5 heteroatoms. The number of hydrogen-bond acceptors (Lipinski definition) is 4. The number of likely N-dealkylation sites (N-methyl/N-ethyl adjacent to an activating group) is 1. The van der Waals surface area contributed by atoms with Crippen LogP contribution in [0.15, 0.2) is 6.33 Å². The van der Waals surface area contributed by atoms with Gasteiger partial charge >= 0.3 is 0 Å². The summed E-state index contributed by atoms with van der Waals surface area (Å²) in [6.45, 7) is 5.60. The number of nitrogens with one attached hydrogen (secondary N) is 1. The van der Waals surface area contributed by atoms with E-state index in [0.717, 1.165) is 18.8 Å². The number of rotatable bonds is 6. The van der Waals surface area contributed by atoms with E-state index in [1.165, 1.54) is 51.6 Å². The first kappa shape index (κ1) is 15.0. The molecule has 1 aliphatic carbocycles. The maximum atomic E-state index is 4.50. The van der Waals surface area contributed by atoms with E-state index in [9.17, 15) is 0 Å². The van der Waals surface area contributed by atoms with Crippen LogP contribution in [0, 0.1) is 0 Å². The normalized spacial score (nSPS) is 23.7. The zero-order valence-electron chi connectivity index (χ0n) is 13.5. The molecule has 0 radical (unpaired) electrons. The largest absolute Gasteiger partial charge is 0.315 e. The second-order valence-electron chi connectivity index (χ2n) is 6.54. The molecular formula is C16H29N5. The van der Waals surface area contributed by atoms with Gasteiger partial charge in [0, 0.05) is 24.5 Å². The monoisotopic (exact) mass is 291 g/mol. The van der Waals surface area contributed by atoms with Crippen molar-refractivity contribution in [2.24, 2.45) is 0 Å². The van der Waals surface area contributed by atoms with Crippen LogP contribution in [0.1, 0.15) is 51.3 Å². The standard InChI is InChI=1S/C16H29N5/c1-3-21-15(18-13-19-21)12-14(17-2)16(8-4-5-9-16)20-10-6-7-11-20/h13-14,17H,3-12H2,1-2H3. The molecule has 2 fully saturated rings. The van der Waals surface area contributed by atoms with Gasteiger partial charge in [0.1, 0.15) is 12.2 Å². The third-order valence-corrected chi connectivity index (χ3v) is 5.58. The van der Waals surface area contributed by atoms with Crippen molar-refractivity contribution < 1.29 is 0 Å². The summed E-state index contributed by atoms with van der Waals surface area (Å²) in [5, 5.41) is 7.96. The molecule has 5 nitrogen and oxygen atoms in total. The van der Waals surface area contributed by atoms with E-state index in [2.05, 4.69) is 34.3 Å². The van der Waals surface area contributed by atoms with E-state index >= 15 is 0 Å². The SMILES string of the molecule is CCn1ncnc1CC(NC)C1(N2CCCC2)CCCC1. The number of aromatic nitrogens is 3. The molecule has 1 unspecified atom stereocenters. The zero-order valence-corrected chi connectivity index (χ0v) is 13.5. The highest BCUT2D eigenvalue weighted by molar-refractivity contribution is 5.07. The first-order chi connectivity index (χ1) is 10.3. The Kier molecular flexibility index (Phi) is 4.60. The van der Waals surface area contributed by atoms with Crippen molar-refractivity contribution in [3.05, 3.63) is 12.2 Å². The maximum Gasteiger partial charge on any atom is 0.138 e. The van der Waals surface area contributed by atoms with Crippen LogP contribution in [0.2, 0.25) is 0 Å². The smallest absolute Gasteiger partial charge is 0.138 e. The van der Waals surface area contributed by atoms with Gasteiger partial charge < -0.3 is 5.32 Å². The Morgan fingerprint density at radius 2 is 1.95 bits per heavy atom. The van der Waals surface area contributed by atoms with Crippen LogP contribution in [0.5, 0.6) is 0 Å². The van der Waals surface area contributed by atoms with Gasteiger partial charge in [0.15, 0.2) is 0 Å². The summed E-state index contributed by atoms with van der Waals surface area (Å²) in [5.74, 6) is 1.13. The lowest BCUT2D eigenvalue weighted by atomic mass is 9.84. The molecule has 0 bridgehead atoms. The van der Waals surface area contributed by atoms with Gasteiger partial charge in [0.25, 0.3) is 0 Å². The number of nitrogens with zero attached hydrogens (tertiary/aromatic N) is 4. The molecular weight excluding hydrogens is 262 g/mol. The molecule has 2 heterocycles. The Labute approximate surface area is 128 Å². The molecule has 0 amide bonds. The third kappa shape index (κ3) is 2.73. The van der Waals surface area contributed by atoms with Gasteiger partial charge in [-0.3, -0.25) is 9.58 Å². The molecule has 1 saturated heterocycles. The van der Waals surface area contributed by atoms with E-state index < -0.39 is 0 Å². The predicted molar refractivity (Wildman–Crippen MR) is 84.3 cm³/mol. The molecule has 1 atom stereocenters. The Morgan fingerprint density at radius 1 is 1.24 bits per heavy atom. The van der Waals surface area contributed by atoms with Crippen LogP contribution in [0.3, 0.4) is 0 Å². The van der Waals surface area contributed by atoms with Crippen molar-refractivity contribution in [2.75, 3.05) is 20.1 Å². The molecule has 2 aliphatic rings. The van der Waals surface area contributed by atoms with Gasteiger partial charge in [-0.2, -0.15) is 5.10 Å². The summed E-state index contributed by atoms with van der Waals surface area (Å²) in [4.78, 5) is 7.27. The average Bonchev–Trinajstić information content (AvgIpc) is 3.24. The van der Waals surface area contributed by atoms with Crippen LogP contribution >= 0.6 is 0 Å². The molecule has 0 spiro atoms. The first-order valence-electron chi connectivity index (χ1n) is 8.59. The van der Waals surface area contributed by atoms with Gasteiger partial charge in [0.05, 0.1) is 0 Å². The summed E-state index contributed by atoms with van der Waals surface area (Å²) < 4.78 is 2.04. The fourth-order valence-corrected chi connectivity index (χ4v) is 4.49. The summed E-state index contributed by atoms with van der Waals surface area (Å²) in [5.41, 5.74) is 0.343. The van der Waals surface area contributed by atoms with Crippen molar-refractivity contribution in [1.82, 2.24) is 25.0 Å². The lowest BCUT2D eigenvalue weighted by molar-refractivity contribution is 0.0785. The van der Waals surface area contributed by atoms with E-state index in [4.69, 9.17) is 0 Å². The Hall–Kier alpha value is -0.940. The topological polar surface area (TPSA) is 46.0 Å². The molecule has 0 aromatic carbocycles. The third-order valence-electron chi connectivity index (χ3n) is 5.58. The molecule has 21 heavy (non-hydrogen) atoms. The predicted octanol–water partition coefficient (Wildman–Crippen LogP) is 1.84. The van der Waals surface area contributed by atoms with Crippen molar-refractivity contribution in [1.29, 1.82) is 0 Å². The Balaban J connectivity index is 1.82. The second-order valence-corrected chi connectivity index (χ2v) is 6.54. The highest BCUT2D eigenvalue weighted by atomic mass is 15.3. The average molecular weight is 291 g/mol. The molecule has 1 aromatic heterocycles. The number of likely N-dealkylation sites (tertiary alicyclic amines) is 1. The van der Waals surface area contributed by atoms with Gasteiger partial charge in [-0.1, -0.05) is 12.8 Å². The molecule has 1 N–H and O–H groups in total. The van der Waals surface area contributed by atoms with Crippen LogP contribution in [-0.4, -0.2) is 51.4 Å². The first-order valence-corrected chi connectivity index (χ1v) is 8.59. The van der Waals surface area contributed by atoms with Gasteiger partial charge in [-0.25, -0.2) is 4.98 Å². The van der Waals surface area contributed by atoms with Crippen molar-refractivity contribution in [3.8, 4) is 0 Å². The van der Waals surface area contributed by atoms with Crippen LogP contribution < -0.4 is 5.32 Å². The van der Waals surface area contributed by atoms with Crippen molar-refractivity contribution >= 4 is 0 Å². The molecule has 1 aromatic rings. The van der Waals surface area contributed by atoms with E-state index in [1.807, 2.05) is 4.68 Å². The highest BCUT2D eigenvalue weighted by Gasteiger charge is 2.46. The highest BCUT2D eigenvalue weighted by Crippen LogP contribution is 2.40. The summed E-state index contributed by atoms with van der Waals surface area (Å²) in [6, 6.07) is 0.479. The Morgan fingerprint density at radius 3 is 2.57 bits per heavy atom. The van der Waals surface area contributed by atoms with Crippen molar-refractivity contribution in [3.63, 3.8) is 0 Å². The molecule has 1 saturated carbocycles. The Bertz CT molecular complexity index is 443. The van der Waals surface area contributed by atoms with Crippen LogP contribution in [0.4, 0.5) is 0 Å². The van der Waals surface area contributed by atoms with Gasteiger partial charge in [-0.15, -0.1) is 0 Å². The van der Waals surface area contributed by atoms with Crippen LogP contribution in [-0.2, 0) is 13.0 Å². The zero-order chi connectivity index (χ0) is 14.7. The summed E-state index contributed by atoms with van der Waals surface area (Å²) >= 11 is 0. The van der Waals surface area contributed by atoms with Gasteiger partial charge in [0.2, 0.25) is 0 Å². The van der Waals surface area contributed by atoms with E-state index in [-0.39, 0.29) is 0 Å². The minimum Gasteiger partial charge on any atom is -0.315 e. The lowest BCUT2D eigenvalue weighted by Gasteiger charge is -2.45. The molecule has 118 valence electrons. The van der Waals surface area contributed by atoms with Crippen molar-refractivity contribution in [2.45, 2.75) is 70.0 Å². The van der Waals surface area contributed by atoms with Crippen LogP contribution in [0.25, 0.3) is 0 Å². The number of hydrogen-bond donors (Lipinski definition) is 1. The lowest BCUT2D eigenvalue weighted by Crippen LogP contribution is -2.59. The van der Waals surface area contributed by atoms with E-state index in [0.29, 0.717) is 11.6 Å². The second kappa shape index (κ2) is 6.44. The number of aryl methyl sites for hydroxylation is 1. The van der Waals surface area contributed by atoms with E-state index in [1.54, 1.807) is 6.33 Å². The minimum absolute atomic E-state index is 0.343. The molecule has 3 rings (SSSR count). The quantitative estimate of drug-likeness (QED) is 0.869. The summed E-state index contributed by atoms with van der Waals surface area (Å²) in [7, 11) is 2.12. The van der Waals surface area contributed by atoms with Gasteiger partial charge in [-0.05, 0) is 52.7 Å².